The number of rotatable bonds is 8. The normalized spacial score (nSPS) is 13.6. The van der Waals surface area contributed by atoms with E-state index >= 15 is 0 Å². The summed E-state index contributed by atoms with van der Waals surface area (Å²) in [4.78, 5) is 12.4. The molecule has 0 aromatic heterocycles. The van der Waals surface area contributed by atoms with Gasteiger partial charge in [0.05, 0.1) is 20.6 Å². The first kappa shape index (κ1) is 18.3. The summed E-state index contributed by atoms with van der Waals surface area (Å²) >= 11 is 0. The lowest BCUT2D eigenvalue weighted by Crippen LogP contribution is -2.52. The molecule has 0 fully saturated rings. The van der Waals surface area contributed by atoms with Crippen molar-refractivity contribution in [2.75, 3.05) is 20.8 Å². The van der Waals surface area contributed by atoms with E-state index in [0.717, 1.165) is 12.0 Å². The molecule has 0 radical (unpaired) electrons. The predicted octanol–water partition coefficient (Wildman–Crippen LogP) is 2.13. The third kappa shape index (κ3) is 5.22. The van der Waals surface area contributed by atoms with Crippen LogP contribution in [0.2, 0.25) is 0 Å². The molecule has 124 valence electrons. The molecule has 1 unspecified atom stereocenters. The van der Waals surface area contributed by atoms with Gasteiger partial charge < -0.3 is 20.5 Å². The number of carbonyl (C=O) groups excluding carboxylic acids is 1. The van der Waals surface area contributed by atoms with Gasteiger partial charge in [-0.05, 0) is 37.5 Å². The van der Waals surface area contributed by atoms with Gasteiger partial charge in [0.25, 0.3) is 0 Å². The molecule has 0 heterocycles. The number of ether oxygens (including phenoxy) is 2. The van der Waals surface area contributed by atoms with Crippen LogP contribution in [0.25, 0.3) is 0 Å². The number of amides is 1. The smallest absolute Gasteiger partial charge is 0.225 e. The average Bonchev–Trinajstić information content (AvgIpc) is 2.46. The second-order valence-corrected chi connectivity index (χ2v) is 6.27. The molecule has 1 rings (SSSR count). The van der Waals surface area contributed by atoms with E-state index in [1.807, 2.05) is 19.1 Å². The maximum atomic E-state index is 12.4. The number of hydrogen-bond donors (Lipinski definition) is 2. The summed E-state index contributed by atoms with van der Waals surface area (Å²) in [5, 5.41) is 3.05. The van der Waals surface area contributed by atoms with Crippen LogP contribution in [0.5, 0.6) is 11.5 Å². The highest BCUT2D eigenvalue weighted by atomic mass is 16.5. The van der Waals surface area contributed by atoms with Crippen LogP contribution in [0.15, 0.2) is 18.2 Å². The van der Waals surface area contributed by atoms with Gasteiger partial charge in [0.2, 0.25) is 5.91 Å². The molecule has 0 spiro atoms. The van der Waals surface area contributed by atoms with Crippen molar-refractivity contribution >= 4 is 5.91 Å². The Bertz CT molecular complexity index is 503. The van der Waals surface area contributed by atoms with Crippen molar-refractivity contribution in [3.63, 3.8) is 0 Å². The van der Waals surface area contributed by atoms with Gasteiger partial charge in [-0.1, -0.05) is 13.8 Å². The summed E-state index contributed by atoms with van der Waals surface area (Å²) in [6.45, 7) is 6.62. The first-order valence-corrected chi connectivity index (χ1v) is 7.55. The molecule has 1 atom stereocenters. The minimum absolute atomic E-state index is 0.0693. The summed E-state index contributed by atoms with van der Waals surface area (Å²) in [5.74, 6) is 1.77. The van der Waals surface area contributed by atoms with Crippen molar-refractivity contribution in [3.05, 3.63) is 23.8 Å². The number of nitrogens with two attached hydrogens (primary N) is 1. The topological polar surface area (TPSA) is 73.6 Å². The Morgan fingerprint density at radius 1 is 1.32 bits per heavy atom. The zero-order chi connectivity index (χ0) is 16.8. The van der Waals surface area contributed by atoms with Crippen molar-refractivity contribution in [1.82, 2.24) is 5.32 Å². The van der Waals surface area contributed by atoms with Crippen LogP contribution >= 0.6 is 0 Å². The van der Waals surface area contributed by atoms with Gasteiger partial charge in [0, 0.05) is 17.6 Å². The summed E-state index contributed by atoms with van der Waals surface area (Å²) in [6, 6.07) is 5.43. The molecule has 22 heavy (non-hydrogen) atoms. The SMILES string of the molecule is COc1ccc(OC)c(CC(=O)NC(C)(CN)CC(C)C)c1. The lowest BCUT2D eigenvalue weighted by Gasteiger charge is -2.31. The van der Waals surface area contributed by atoms with Gasteiger partial charge in [-0.3, -0.25) is 4.79 Å². The molecular weight excluding hydrogens is 280 g/mol. The quantitative estimate of drug-likeness (QED) is 0.771. The molecule has 5 nitrogen and oxygen atoms in total. The zero-order valence-electron chi connectivity index (χ0n) is 14.2. The van der Waals surface area contributed by atoms with Gasteiger partial charge >= 0.3 is 0 Å². The van der Waals surface area contributed by atoms with Gasteiger partial charge in [0.15, 0.2) is 0 Å². The van der Waals surface area contributed by atoms with Crippen LogP contribution < -0.4 is 20.5 Å². The lowest BCUT2D eigenvalue weighted by molar-refractivity contribution is -0.122. The van der Waals surface area contributed by atoms with Gasteiger partial charge in [-0.15, -0.1) is 0 Å². The maximum absolute atomic E-state index is 12.4. The third-order valence-electron chi connectivity index (χ3n) is 3.59. The molecule has 1 aromatic rings. The molecule has 1 amide bonds. The summed E-state index contributed by atoms with van der Waals surface area (Å²) in [5.41, 5.74) is 6.24. The second kappa shape index (κ2) is 8.03. The fourth-order valence-electron chi connectivity index (χ4n) is 2.66. The van der Waals surface area contributed by atoms with Crippen molar-refractivity contribution in [2.24, 2.45) is 11.7 Å². The molecule has 0 aliphatic carbocycles. The van der Waals surface area contributed by atoms with Crippen molar-refractivity contribution < 1.29 is 14.3 Å². The molecule has 0 aliphatic heterocycles. The van der Waals surface area contributed by atoms with Gasteiger partial charge in [-0.25, -0.2) is 0 Å². The number of nitrogens with one attached hydrogen (secondary N) is 1. The van der Waals surface area contributed by atoms with E-state index in [0.29, 0.717) is 24.0 Å². The minimum atomic E-state index is -0.392. The summed E-state index contributed by atoms with van der Waals surface area (Å²) in [6.07, 6.45) is 1.07. The Kier molecular flexibility index (Phi) is 6.68. The van der Waals surface area contributed by atoms with Crippen LogP contribution in [0.4, 0.5) is 0 Å². The van der Waals surface area contributed by atoms with Gasteiger partial charge in [0.1, 0.15) is 11.5 Å². The Hall–Kier alpha value is -1.75. The summed E-state index contributed by atoms with van der Waals surface area (Å²) < 4.78 is 10.5. The van der Waals surface area contributed by atoms with E-state index in [1.54, 1.807) is 20.3 Å². The fraction of sp³-hybridized carbons (Fsp3) is 0.588. The third-order valence-corrected chi connectivity index (χ3v) is 3.59. The van der Waals surface area contributed by atoms with Crippen molar-refractivity contribution in [2.45, 2.75) is 39.2 Å². The van der Waals surface area contributed by atoms with Crippen LogP contribution in [-0.4, -0.2) is 32.2 Å². The summed E-state index contributed by atoms with van der Waals surface area (Å²) in [7, 11) is 3.19. The van der Waals surface area contributed by atoms with Crippen LogP contribution in [0, 0.1) is 5.92 Å². The highest BCUT2D eigenvalue weighted by molar-refractivity contribution is 5.80. The maximum Gasteiger partial charge on any atom is 0.225 e. The number of methoxy groups -OCH3 is 2. The highest BCUT2D eigenvalue weighted by Gasteiger charge is 2.26. The van der Waals surface area contributed by atoms with Crippen molar-refractivity contribution in [1.29, 1.82) is 0 Å². The van der Waals surface area contributed by atoms with Crippen LogP contribution in [-0.2, 0) is 11.2 Å². The molecule has 0 saturated carbocycles. The molecule has 0 bridgehead atoms. The zero-order valence-corrected chi connectivity index (χ0v) is 14.2. The molecule has 5 heteroatoms. The Balaban J connectivity index is 2.83. The first-order valence-electron chi connectivity index (χ1n) is 7.55. The largest absolute Gasteiger partial charge is 0.497 e. The van der Waals surface area contributed by atoms with E-state index in [-0.39, 0.29) is 12.3 Å². The molecule has 1 aromatic carbocycles. The van der Waals surface area contributed by atoms with E-state index in [9.17, 15) is 4.79 Å². The van der Waals surface area contributed by atoms with E-state index in [4.69, 9.17) is 15.2 Å². The number of benzene rings is 1. The number of carbonyl (C=O) groups is 1. The van der Waals surface area contributed by atoms with Crippen molar-refractivity contribution in [3.8, 4) is 11.5 Å². The van der Waals surface area contributed by atoms with E-state index in [2.05, 4.69) is 19.2 Å². The lowest BCUT2D eigenvalue weighted by atomic mass is 9.90. The standard InChI is InChI=1S/C17H28N2O3/c1-12(2)10-17(3,11-18)19-16(20)9-13-8-14(21-4)6-7-15(13)22-5/h6-8,12H,9-11,18H2,1-5H3,(H,19,20). The molecular formula is C17H28N2O3. The monoisotopic (exact) mass is 308 g/mol. The highest BCUT2D eigenvalue weighted by Crippen LogP contribution is 2.25. The minimum Gasteiger partial charge on any atom is -0.497 e. The van der Waals surface area contributed by atoms with E-state index < -0.39 is 5.54 Å². The first-order chi connectivity index (χ1) is 10.3. The Labute approximate surface area is 133 Å². The molecule has 0 saturated heterocycles. The molecule has 0 aliphatic rings. The predicted molar refractivity (Wildman–Crippen MR) is 88.3 cm³/mol. The van der Waals surface area contributed by atoms with Crippen LogP contribution in [0.1, 0.15) is 32.8 Å². The molecule has 3 N–H and O–H groups in total. The fourth-order valence-corrected chi connectivity index (χ4v) is 2.66. The number of hydrogen-bond acceptors (Lipinski definition) is 4. The average molecular weight is 308 g/mol. The Morgan fingerprint density at radius 2 is 2.00 bits per heavy atom. The van der Waals surface area contributed by atoms with E-state index in [1.165, 1.54) is 0 Å². The van der Waals surface area contributed by atoms with Gasteiger partial charge in [-0.2, -0.15) is 0 Å². The Morgan fingerprint density at radius 3 is 2.50 bits per heavy atom. The second-order valence-electron chi connectivity index (χ2n) is 6.27. The van der Waals surface area contributed by atoms with Crippen LogP contribution in [0.3, 0.4) is 0 Å².